The number of anilines is 1. The lowest BCUT2D eigenvalue weighted by Crippen LogP contribution is -2.22. The molecule has 7 heteroatoms. The third-order valence-electron chi connectivity index (χ3n) is 4.33. The van der Waals surface area contributed by atoms with E-state index in [-0.39, 0.29) is 5.91 Å². The maximum Gasteiger partial charge on any atom is 0.251 e. The van der Waals surface area contributed by atoms with Crippen molar-refractivity contribution in [2.24, 2.45) is 0 Å². The summed E-state index contributed by atoms with van der Waals surface area (Å²) in [4.78, 5) is 23.6. The second kappa shape index (κ2) is 8.93. The third-order valence-corrected chi connectivity index (χ3v) is 5.25. The van der Waals surface area contributed by atoms with Crippen LogP contribution in [0.15, 0.2) is 52.2 Å². The van der Waals surface area contributed by atoms with E-state index >= 15 is 0 Å². The normalized spacial score (nSPS) is 10.7. The molecule has 0 aliphatic heterocycles. The number of rotatable bonds is 7. The first-order valence-corrected chi connectivity index (χ1v) is 9.97. The van der Waals surface area contributed by atoms with Crippen LogP contribution in [0, 0.1) is 13.8 Å². The van der Waals surface area contributed by atoms with Crippen LogP contribution in [0.3, 0.4) is 0 Å². The number of carbonyl (C=O) groups excluding carboxylic acids is 1. The highest BCUT2D eigenvalue weighted by atomic mass is 32.2. The Morgan fingerprint density at radius 1 is 1.18 bits per heavy atom. The van der Waals surface area contributed by atoms with Crippen LogP contribution in [0.2, 0.25) is 0 Å². The molecule has 2 aromatic heterocycles. The summed E-state index contributed by atoms with van der Waals surface area (Å²) < 4.78 is 5.24. The van der Waals surface area contributed by atoms with Gasteiger partial charge in [0.1, 0.15) is 11.6 Å². The summed E-state index contributed by atoms with van der Waals surface area (Å²) in [6, 6.07) is 11.2. The van der Waals surface area contributed by atoms with Crippen molar-refractivity contribution in [2.45, 2.75) is 31.3 Å². The Bertz CT molecular complexity index is 955. The Hall–Kier alpha value is -2.80. The quantitative estimate of drug-likeness (QED) is 0.481. The number of amides is 1. The number of hydrogen-bond donors (Lipinski definition) is 1. The molecule has 0 saturated carbocycles. The van der Waals surface area contributed by atoms with Gasteiger partial charge in [0, 0.05) is 36.7 Å². The van der Waals surface area contributed by atoms with Crippen LogP contribution in [0.4, 0.5) is 5.82 Å². The van der Waals surface area contributed by atoms with E-state index in [4.69, 9.17) is 4.42 Å². The highest BCUT2D eigenvalue weighted by Gasteiger charge is 2.11. The van der Waals surface area contributed by atoms with E-state index in [0.29, 0.717) is 17.9 Å². The van der Waals surface area contributed by atoms with Gasteiger partial charge < -0.3 is 14.6 Å². The molecule has 0 atom stereocenters. The molecule has 0 saturated heterocycles. The summed E-state index contributed by atoms with van der Waals surface area (Å²) in [6.07, 6.45) is 1.59. The van der Waals surface area contributed by atoms with Crippen molar-refractivity contribution >= 4 is 23.5 Å². The number of nitrogens with zero attached hydrogens (tertiary/aromatic N) is 3. The molecule has 3 aromatic rings. The largest absolute Gasteiger partial charge is 0.467 e. The van der Waals surface area contributed by atoms with Crippen LogP contribution in [0.25, 0.3) is 0 Å². The first kappa shape index (κ1) is 19.9. The molecule has 0 spiro atoms. The number of hydrogen-bond acceptors (Lipinski definition) is 6. The smallest absolute Gasteiger partial charge is 0.251 e. The summed E-state index contributed by atoms with van der Waals surface area (Å²) >= 11 is 1.56. The molecule has 0 unspecified atom stereocenters. The third kappa shape index (κ3) is 4.92. The van der Waals surface area contributed by atoms with Crippen molar-refractivity contribution < 1.29 is 9.21 Å². The van der Waals surface area contributed by atoms with Gasteiger partial charge in [0.05, 0.1) is 12.8 Å². The molecule has 3 rings (SSSR count). The number of thioether (sulfide) groups is 1. The summed E-state index contributed by atoms with van der Waals surface area (Å²) in [6.45, 7) is 4.40. The highest BCUT2D eigenvalue weighted by molar-refractivity contribution is 7.98. The van der Waals surface area contributed by atoms with Crippen molar-refractivity contribution in [1.82, 2.24) is 15.3 Å². The number of carbonyl (C=O) groups is 1. The van der Waals surface area contributed by atoms with Gasteiger partial charge >= 0.3 is 0 Å². The molecule has 1 N–H and O–H groups in total. The Kier molecular flexibility index (Phi) is 6.36. The first-order valence-electron chi connectivity index (χ1n) is 8.99. The SMILES string of the molecule is Cc1nc(SCc2cccc(C(=O)NCc3ccco3)c2)nc(N(C)C)c1C. The van der Waals surface area contributed by atoms with Gasteiger partial charge in [-0.15, -0.1) is 0 Å². The van der Waals surface area contributed by atoms with Crippen molar-refractivity contribution in [2.75, 3.05) is 19.0 Å². The summed E-state index contributed by atoms with van der Waals surface area (Å²) in [5, 5.41) is 3.60. The van der Waals surface area contributed by atoms with E-state index in [1.165, 1.54) is 0 Å². The summed E-state index contributed by atoms with van der Waals surface area (Å²) in [7, 11) is 3.96. The van der Waals surface area contributed by atoms with Gasteiger partial charge in [-0.1, -0.05) is 23.9 Å². The molecule has 0 fully saturated rings. The average Bonchev–Trinajstić information content (AvgIpc) is 3.20. The number of aryl methyl sites for hydroxylation is 1. The number of benzene rings is 1. The second-order valence-corrected chi connectivity index (χ2v) is 7.63. The lowest BCUT2D eigenvalue weighted by atomic mass is 10.1. The van der Waals surface area contributed by atoms with Crippen LogP contribution >= 0.6 is 11.8 Å². The molecular formula is C21H24N4O2S. The predicted molar refractivity (Wildman–Crippen MR) is 112 cm³/mol. The highest BCUT2D eigenvalue weighted by Crippen LogP contribution is 2.25. The minimum absolute atomic E-state index is 0.124. The maximum atomic E-state index is 12.4. The van der Waals surface area contributed by atoms with Crippen molar-refractivity contribution in [3.8, 4) is 0 Å². The van der Waals surface area contributed by atoms with Crippen LogP contribution < -0.4 is 10.2 Å². The van der Waals surface area contributed by atoms with Gasteiger partial charge in [0.2, 0.25) is 0 Å². The molecular weight excluding hydrogens is 372 g/mol. The standard InChI is InChI=1S/C21H24N4O2S/c1-14-15(2)23-21(24-19(14)25(3)4)28-13-16-7-5-8-17(11-16)20(26)22-12-18-9-6-10-27-18/h5-11H,12-13H2,1-4H3,(H,22,26). The molecule has 146 valence electrons. The topological polar surface area (TPSA) is 71.3 Å². The molecule has 1 aromatic carbocycles. The Labute approximate surface area is 169 Å². The average molecular weight is 397 g/mol. The molecule has 0 aliphatic carbocycles. The summed E-state index contributed by atoms with van der Waals surface area (Å²) in [5.74, 6) is 2.22. The minimum atomic E-state index is -0.124. The van der Waals surface area contributed by atoms with Gasteiger partial charge in [-0.25, -0.2) is 9.97 Å². The lowest BCUT2D eigenvalue weighted by Gasteiger charge is -2.16. The van der Waals surface area contributed by atoms with Crippen LogP contribution in [-0.4, -0.2) is 30.0 Å². The van der Waals surface area contributed by atoms with E-state index in [9.17, 15) is 4.79 Å². The fraction of sp³-hybridized carbons (Fsp3) is 0.286. The Balaban J connectivity index is 1.65. The molecule has 6 nitrogen and oxygen atoms in total. The van der Waals surface area contributed by atoms with Crippen molar-refractivity contribution in [3.05, 3.63) is 70.8 Å². The fourth-order valence-electron chi connectivity index (χ4n) is 2.72. The van der Waals surface area contributed by atoms with E-state index in [1.54, 1.807) is 24.1 Å². The Morgan fingerprint density at radius 3 is 2.71 bits per heavy atom. The van der Waals surface area contributed by atoms with E-state index in [0.717, 1.165) is 33.6 Å². The Morgan fingerprint density at radius 2 is 2.00 bits per heavy atom. The molecule has 0 bridgehead atoms. The number of furan rings is 1. The monoisotopic (exact) mass is 396 g/mol. The lowest BCUT2D eigenvalue weighted by molar-refractivity contribution is 0.0948. The zero-order valence-corrected chi connectivity index (χ0v) is 17.3. The van der Waals surface area contributed by atoms with E-state index in [2.05, 4.69) is 15.3 Å². The summed E-state index contributed by atoms with van der Waals surface area (Å²) in [5.41, 5.74) is 3.74. The number of nitrogens with one attached hydrogen (secondary N) is 1. The molecule has 2 heterocycles. The van der Waals surface area contributed by atoms with Crippen molar-refractivity contribution in [1.29, 1.82) is 0 Å². The fourth-order valence-corrected chi connectivity index (χ4v) is 3.55. The van der Waals surface area contributed by atoms with Crippen molar-refractivity contribution in [3.63, 3.8) is 0 Å². The van der Waals surface area contributed by atoms with Crippen LogP contribution in [-0.2, 0) is 12.3 Å². The van der Waals surface area contributed by atoms with E-state index in [1.807, 2.05) is 63.2 Å². The minimum Gasteiger partial charge on any atom is -0.467 e. The molecule has 1 amide bonds. The molecule has 0 radical (unpaired) electrons. The predicted octanol–water partition coefficient (Wildman–Crippen LogP) is 3.97. The molecule has 28 heavy (non-hydrogen) atoms. The van der Waals surface area contributed by atoms with Crippen LogP contribution in [0.5, 0.6) is 0 Å². The maximum absolute atomic E-state index is 12.4. The molecule has 0 aliphatic rings. The zero-order chi connectivity index (χ0) is 20.1. The van der Waals surface area contributed by atoms with Gasteiger partial charge in [-0.05, 0) is 43.7 Å². The van der Waals surface area contributed by atoms with Gasteiger partial charge in [-0.2, -0.15) is 0 Å². The second-order valence-electron chi connectivity index (χ2n) is 6.69. The van der Waals surface area contributed by atoms with E-state index < -0.39 is 0 Å². The van der Waals surface area contributed by atoms with Gasteiger partial charge in [-0.3, -0.25) is 4.79 Å². The van der Waals surface area contributed by atoms with Gasteiger partial charge in [0.25, 0.3) is 5.91 Å². The zero-order valence-electron chi connectivity index (χ0n) is 16.5. The van der Waals surface area contributed by atoms with Gasteiger partial charge in [0.15, 0.2) is 5.16 Å². The number of aromatic nitrogens is 2. The van der Waals surface area contributed by atoms with Crippen LogP contribution in [0.1, 0.15) is 32.9 Å². The first-order chi connectivity index (χ1) is 13.4.